The Morgan fingerprint density at radius 2 is 2.08 bits per heavy atom. The van der Waals surface area contributed by atoms with Crippen LogP contribution in [0.25, 0.3) is 0 Å². The molecule has 0 aliphatic carbocycles. The first-order valence-electron chi connectivity index (χ1n) is 8.47. The van der Waals surface area contributed by atoms with Crippen molar-refractivity contribution in [2.24, 2.45) is 5.92 Å². The van der Waals surface area contributed by atoms with Crippen molar-refractivity contribution in [2.45, 2.75) is 44.8 Å². The van der Waals surface area contributed by atoms with Crippen LogP contribution in [-0.2, 0) is 24.2 Å². The third kappa shape index (κ3) is 5.85. The number of benzene rings is 1. The van der Waals surface area contributed by atoms with Gasteiger partial charge >= 0.3 is 0 Å². The minimum atomic E-state index is -0.343. The van der Waals surface area contributed by atoms with Crippen LogP contribution in [0.3, 0.4) is 0 Å². The lowest BCUT2D eigenvalue weighted by molar-refractivity contribution is -0.120. The Kier molecular flexibility index (Phi) is 7.43. The van der Waals surface area contributed by atoms with E-state index in [0.717, 1.165) is 30.4 Å². The van der Waals surface area contributed by atoms with E-state index in [1.165, 1.54) is 6.07 Å². The average Bonchev–Trinajstić information content (AvgIpc) is 2.95. The largest absolute Gasteiger partial charge is 0.356 e. The van der Waals surface area contributed by atoms with Gasteiger partial charge in [-0.15, -0.1) is 10.2 Å². The number of hydrogen-bond donors (Lipinski definition) is 1. The van der Waals surface area contributed by atoms with Gasteiger partial charge in [-0.2, -0.15) is 0 Å². The Labute approximate surface area is 152 Å². The molecule has 0 radical (unpaired) electrons. The molecule has 0 saturated carbocycles. The second kappa shape index (κ2) is 9.56. The highest BCUT2D eigenvalue weighted by molar-refractivity contribution is 7.98. The van der Waals surface area contributed by atoms with Crippen LogP contribution in [0.1, 0.15) is 31.7 Å². The van der Waals surface area contributed by atoms with E-state index in [1.807, 2.05) is 6.26 Å². The summed E-state index contributed by atoms with van der Waals surface area (Å²) < 4.78 is 15.7. The van der Waals surface area contributed by atoms with Gasteiger partial charge in [-0.05, 0) is 30.2 Å². The molecule has 1 amide bonds. The summed E-state index contributed by atoms with van der Waals surface area (Å²) in [4.78, 5) is 11.9. The Bertz CT molecular complexity index is 702. The number of thioether (sulfide) groups is 1. The fourth-order valence-corrected chi connectivity index (χ4v) is 3.08. The predicted octanol–water partition coefficient (Wildman–Crippen LogP) is 3.09. The zero-order chi connectivity index (χ0) is 18.2. The van der Waals surface area contributed by atoms with Crippen molar-refractivity contribution < 1.29 is 9.18 Å². The SMILES string of the molecule is CSc1nnc(CCCNC(=O)Cc2ccccc2F)n1CC(C)C. The summed E-state index contributed by atoms with van der Waals surface area (Å²) in [6.45, 7) is 5.75. The minimum absolute atomic E-state index is 0.0623. The molecule has 1 N–H and O–H groups in total. The topological polar surface area (TPSA) is 59.8 Å². The van der Waals surface area contributed by atoms with Crippen molar-refractivity contribution in [1.82, 2.24) is 20.1 Å². The summed E-state index contributed by atoms with van der Waals surface area (Å²) in [6, 6.07) is 6.35. The number of halogens is 1. The molecule has 0 spiro atoms. The summed E-state index contributed by atoms with van der Waals surface area (Å²) in [5, 5.41) is 12.2. The van der Waals surface area contributed by atoms with Crippen molar-refractivity contribution in [3.8, 4) is 0 Å². The van der Waals surface area contributed by atoms with Crippen LogP contribution in [0, 0.1) is 11.7 Å². The fraction of sp³-hybridized carbons (Fsp3) is 0.500. The predicted molar refractivity (Wildman–Crippen MR) is 98.1 cm³/mol. The number of carbonyl (C=O) groups is 1. The van der Waals surface area contributed by atoms with Crippen LogP contribution in [0.5, 0.6) is 0 Å². The Morgan fingerprint density at radius 1 is 1.32 bits per heavy atom. The summed E-state index contributed by atoms with van der Waals surface area (Å²) in [5.74, 6) is 0.949. The molecule has 0 aliphatic rings. The molecule has 0 fully saturated rings. The van der Waals surface area contributed by atoms with Crippen molar-refractivity contribution in [1.29, 1.82) is 0 Å². The van der Waals surface area contributed by atoms with Gasteiger partial charge in [-0.25, -0.2) is 4.39 Å². The molecule has 5 nitrogen and oxygen atoms in total. The maximum atomic E-state index is 13.5. The van der Waals surface area contributed by atoms with E-state index in [-0.39, 0.29) is 18.1 Å². The molecule has 1 aromatic heterocycles. The summed E-state index contributed by atoms with van der Waals surface area (Å²) in [7, 11) is 0. The molecule has 7 heteroatoms. The van der Waals surface area contributed by atoms with Crippen molar-refractivity contribution in [2.75, 3.05) is 12.8 Å². The van der Waals surface area contributed by atoms with E-state index >= 15 is 0 Å². The first-order valence-corrected chi connectivity index (χ1v) is 9.70. The van der Waals surface area contributed by atoms with Crippen molar-refractivity contribution in [3.05, 3.63) is 41.5 Å². The molecule has 1 heterocycles. The van der Waals surface area contributed by atoms with Gasteiger partial charge in [0, 0.05) is 19.5 Å². The van der Waals surface area contributed by atoms with Gasteiger partial charge in [0.05, 0.1) is 6.42 Å². The third-order valence-electron chi connectivity index (χ3n) is 3.73. The number of aromatic nitrogens is 3. The average molecular weight is 364 g/mol. The van der Waals surface area contributed by atoms with Crippen LogP contribution in [-0.4, -0.2) is 33.5 Å². The summed E-state index contributed by atoms with van der Waals surface area (Å²) >= 11 is 1.59. The van der Waals surface area contributed by atoms with Gasteiger partial charge in [0.1, 0.15) is 11.6 Å². The molecule has 0 saturated heterocycles. The van der Waals surface area contributed by atoms with Crippen LogP contribution < -0.4 is 5.32 Å². The van der Waals surface area contributed by atoms with E-state index in [0.29, 0.717) is 18.0 Å². The molecular weight excluding hydrogens is 339 g/mol. The zero-order valence-electron chi connectivity index (χ0n) is 15.0. The lowest BCUT2D eigenvalue weighted by Crippen LogP contribution is -2.27. The van der Waals surface area contributed by atoms with Crippen molar-refractivity contribution >= 4 is 17.7 Å². The molecule has 2 aromatic rings. The molecular formula is C18H25FN4OS. The molecule has 136 valence electrons. The zero-order valence-corrected chi connectivity index (χ0v) is 15.8. The maximum absolute atomic E-state index is 13.5. The fourth-order valence-electron chi connectivity index (χ4n) is 2.55. The van der Waals surface area contributed by atoms with E-state index in [1.54, 1.807) is 30.0 Å². The Morgan fingerprint density at radius 3 is 2.76 bits per heavy atom. The monoisotopic (exact) mass is 364 g/mol. The normalized spacial score (nSPS) is 11.1. The van der Waals surface area contributed by atoms with Gasteiger partial charge in [-0.1, -0.05) is 43.8 Å². The molecule has 0 atom stereocenters. The Balaban J connectivity index is 1.80. The number of nitrogens with zero attached hydrogens (tertiary/aromatic N) is 3. The van der Waals surface area contributed by atoms with E-state index in [4.69, 9.17) is 0 Å². The van der Waals surface area contributed by atoms with E-state index in [2.05, 4.69) is 33.9 Å². The van der Waals surface area contributed by atoms with E-state index < -0.39 is 0 Å². The lowest BCUT2D eigenvalue weighted by Gasteiger charge is -2.11. The molecule has 1 aromatic carbocycles. The number of carbonyl (C=O) groups excluding carboxylic acids is 1. The molecule has 0 aliphatic heterocycles. The number of rotatable bonds is 9. The maximum Gasteiger partial charge on any atom is 0.224 e. The summed E-state index contributed by atoms with van der Waals surface area (Å²) in [5.41, 5.74) is 0.418. The highest BCUT2D eigenvalue weighted by atomic mass is 32.2. The van der Waals surface area contributed by atoms with Crippen molar-refractivity contribution in [3.63, 3.8) is 0 Å². The summed E-state index contributed by atoms with van der Waals surface area (Å²) in [6.07, 6.45) is 3.58. The highest BCUT2D eigenvalue weighted by Gasteiger charge is 2.12. The van der Waals surface area contributed by atoms with Gasteiger partial charge in [0.25, 0.3) is 0 Å². The minimum Gasteiger partial charge on any atom is -0.356 e. The van der Waals surface area contributed by atoms with Gasteiger partial charge in [0.15, 0.2) is 5.16 Å². The van der Waals surface area contributed by atoms with Crippen LogP contribution in [0.15, 0.2) is 29.4 Å². The molecule has 0 bridgehead atoms. The number of amides is 1. The van der Waals surface area contributed by atoms with Crippen LogP contribution >= 0.6 is 11.8 Å². The standard InChI is InChI=1S/C18H25FN4OS/c1-13(2)12-23-16(21-22-18(23)25-3)9-6-10-20-17(24)11-14-7-4-5-8-15(14)19/h4-5,7-8,13H,6,9-12H2,1-3H3,(H,20,24). The second-order valence-electron chi connectivity index (χ2n) is 6.33. The smallest absolute Gasteiger partial charge is 0.224 e. The molecule has 25 heavy (non-hydrogen) atoms. The second-order valence-corrected chi connectivity index (χ2v) is 7.10. The van der Waals surface area contributed by atoms with Gasteiger partial charge < -0.3 is 9.88 Å². The quantitative estimate of drug-likeness (QED) is 0.549. The Hall–Kier alpha value is -1.89. The van der Waals surface area contributed by atoms with Crippen LogP contribution in [0.4, 0.5) is 4.39 Å². The van der Waals surface area contributed by atoms with Crippen LogP contribution in [0.2, 0.25) is 0 Å². The first kappa shape index (κ1) is 19.4. The molecule has 2 rings (SSSR count). The van der Waals surface area contributed by atoms with E-state index in [9.17, 15) is 9.18 Å². The lowest BCUT2D eigenvalue weighted by atomic mass is 10.1. The number of nitrogens with one attached hydrogen (secondary N) is 1. The highest BCUT2D eigenvalue weighted by Crippen LogP contribution is 2.16. The third-order valence-corrected chi connectivity index (χ3v) is 4.40. The first-order chi connectivity index (χ1) is 12.0. The number of hydrogen-bond acceptors (Lipinski definition) is 4. The van der Waals surface area contributed by atoms with Gasteiger partial charge in [-0.3, -0.25) is 4.79 Å². The number of aryl methyl sites for hydroxylation is 1. The van der Waals surface area contributed by atoms with Gasteiger partial charge in [0.2, 0.25) is 5.91 Å². The molecule has 0 unspecified atom stereocenters.